The maximum atomic E-state index is 11.2. The summed E-state index contributed by atoms with van der Waals surface area (Å²) in [5.74, 6) is -0.259. The molecular formula is C11H13N3O3S. The van der Waals surface area contributed by atoms with E-state index in [2.05, 4.69) is 10.0 Å². The van der Waals surface area contributed by atoms with Crippen molar-refractivity contribution in [3.8, 4) is 6.07 Å². The first-order valence-corrected chi connectivity index (χ1v) is 6.93. The Bertz CT molecular complexity index is 630. The summed E-state index contributed by atoms with van der Waals surface area (Å²) >= 11 is 0. The fraction of sp³-hybridized carbons (Fsp3) is 0.273. The zero-order chi connectivity index (χ0) is 13.9. The molecule has 1 aromatic carbocycles. The van der Waals surface area contributed by atoms with Gasteiger partial charge in [-0.1, -0.05) is 0 Å². The van der Waals surface area contributed by atoms with Crippen LogP contribution in [0.25, 0.3) is 0 Å². The van der Waals surface area contributed by atoms with Crippen molar-refractivity contribution in [2.75, 3.05) is 16.3 Å². The Labute approximate surface area is 106 Å². The number of nitriles is 1. The molecule has 1 amide bonds. The lowest BCUT2D eigenvalue weighted by molar-refractivity contribution is -0.114. The van der Waals surface area contributed by atoms with Crippen LogP contribution in [0.3, 0.4) is 0 Å². The minimum Gasteiger partial charge on any atom is -0.326 e. The number of nitrogens with zero attached hydrogens (tertiary/aromatic N) is 1. The number of rotatable bonds is 3. The highest BCUT2D eigenvalue weighted by Gasteiger charge is 2.13. The summed E-state index contributed by atoms with van der Waals surface area (Å²) in [5.41, 5.74) is 1.39. The molecule has 0 aliphatic heterocycles. The predicted molar refractivity (Wildman–Crippen MR) is 68.7 cm³/mol. The van der Waals surface area contributed by atoms with E-state index in [1.165, 1.54) is 13.0 Å². The molecule has 0 unspecified atom stereocenters. The standard InChI is InChI=1S/C11H13N3O3S/c1-7-9(6-12)11(14-18(3,16)17)5-4-10(7)13-8(2)15/h4-5,14H,1-3H3,(H,13,15). The lowest BCUT2D eigenvalue weighted by atomic mass is 10.1. The summed E-state index contributed by atoms with van der Waals surface area (Å²) in [4.78, 5) is 11.0. The van der Waals surface area contributed by atoms with Crippen LogP contribution in [0.15, 0.2) is 12.1 Å². The fourth-order valence-corrected chi connectivity index (χ4v) is 2.04. The number of hydrogen-bond acceptors (Lipinski definition) is 4. The van der Waals surface area contributed by atoms with Gasteiger partial charge in [-0.15, -0.1) is 0 Å². The third-order valence-electron chi connectivity index (χ3n) is 2.18. The van der Waals surface area contributed by atoms with Crippen LogP contribution < -0.4 is 10.0 Å². The highest BCUT2D eigenvalue weighted by molar-refractivity contribution is 7.92. The highest BCUT2D eigenvalue weighted by atomic mass is 32.2. The topological polar surface area (TPSA) is 99.1 Å². The van der Waals surface area contributed by atoms with Gasteiger partial charge in [-0.2, -0.15) is 5.26 Å². The molecule has 0 fully saturated rings. The first-order chi connectivity index (χ1) is 8.24. The number of sulfonamides is 1. The quantitative estimate of drug-likeness (QED) is 0.859. The van der Waals surface area contributed by atoms with Gasteiger partial charge in [0.25, 0.3) is 0 Å². The van der Waals surface area contributed by atoms with E-state index in [1.807, 2.05) is 6.07 Å². The van der Waals surface area contributed by atoms with E-state index in [4.69, 9.17) is 5.26 Å². The number of carbonyl (C=O) groups is 1. The molecule has 0 bridgehead atoms. The van der Waals surface area contributed by atoms with E-state index in [-0.39, 0.29) is 17.2 Å². The van der Waals surface area contributed by atoms with Gasteiger partial charge < -0.3 is 5.32 Å². The van der Waals surface area contributed by atoms with Crippen molar-refractivity contribution in [1.82, 2.24) is 0 Å². The maximum absolute atomic E-state index is 11.2. The van der Waals surface area contributed by atoms with Crippen molar-refractivity contribution >= 4 is 27.3 Å². The SMILES string of the molecule is CC(=O)Nc1ccc(NS(C)(=O)=O)c(C#N)c1C. The van der Waals surface area contributed by atoms with E-state index in [9.17, 15) is 13.2 Å². The van der Waals surface area contributed by atoms with E-state index in [1.54, 1.807) is 13.0 Å². The highest BCUT2D eigenvalue weighted by Crippen LogP contribution is 2.26. The van der Waals surface area contributed by atoms with Gasteiger partial charge in [-0.25, -0.2) is 8.42 Å². The van der Waals surface area contributed by atoms with Gasteiger partial charge in [0, 0.05) is 12.6 Å². The molecule has 0 saturated carbocycles. The molecule has 0 aliphatic rings. The summed E-state index contributed by atoms with van der Waals surface area (Å²) in [6.45, 7) is 2.99. The Hall–Kier alpha value is -2.07. The first kappa shape index (κ1) is 14.0. The van der Waals surface area contributed by atoms with E-state index in [0.29, 0.717) is 11.3 Å². The normalized spacial score (nSPS) is 10.6. The van der Waals surface area contributed by atoms with E-state index < -0.39 is 10.0 Å². The van der Waals surface area contributed by atoms with Crippen LogP contribution in [-0.4, -0.2) is 20.6 Å². The van der Waals surface area contributed by atoms with Gasteiger partial charge in [0.1, 0.15) is 6.07 Å². The third kappa shape index (κ3) is 3.46. The zero-order valence-corrected chi connectivity index (χ0v) is 11.1. The third-order valence-corrected chi connectivity index (χ3v) is 2.77. The summed E-state index contributed by atoms with van der Waals surface area (Å²) in [6.07, 6.45) is 1.01. The smallest absolute Gasteiger partial charge is 0.229 e. The van der Waals surface area contributed by atoms with Crippen LogP contribution >= 0.6 is 0 Å². The molecule has 0 radical (unpaired) electrons. The van der Waals surface area contributed by atoms with Crippen LogP contribution in [0, 0.1) is 18.3 Å². The van der Waals surface area contributed by atoms with Crippen LogP contribution in [-0.2, 0) is 14.8 Å². The molecule has 6 nitrogen and oxygen atoms in total. The second-order valence-corrected chi connectivity index (χ2v) is 5.58. The first-order valence-electron chi connectivity index (χ1n) is 5.03. The number of amides is 1. The summed E-state index contributed by atoms with van der Waals surface area (Å²) in [5, 5.41) is 11.6. The number of anilines is 2. The molecule has 1 aromatic rings. The minimum atomic E-state index is -3.45. The van der Waals surface area contributed by atoms with Crippen molar-refractivity contribution in [2.45, 2.75) is 13.8 Å². The molecule has 0 atom stereocenters. The summed E-state index contributed by atoms with van der Waals surface area (Å²) in [7, 11) is -3.45. The van der Waals surface area contributed by atoms with Crippen LogP contribution in [0.5, 0.6) is 0 Å². The molecule has 7 heteroatoms. The maximum Gasteiger partial charge on any atom is 0.229 e. The zero-order valence-electron chi connectivity index (χ0n) is 10.2. The van der Waals surface area contributed by atoms with Gasteiger partial charge in [0.15, 0.2) is 0 Å². The van der Waals surface area contributed by atoms with Gasteiger partial charge in [-0.3, -0.25) is 9.52 Å². The van der Waals surface area contributed by atoms with Gasteiger partial charge in [-0.05, 0) is 24.6 Å². The summed E-state index contributed by atoms with van der Waals surface area (Å²) in [6, 6.07) is 4.91. The number of hydrogen-bond donors (Lipinski definition) is 2. The van der Waals surface area contributed by atoms with Gasteiger partial charge >= 0.3 is 0 Å². The second kappa shape index (κ2) is 5.06. The molecule has 0 heterocycles. The second-order valence-electron chi connectivity index (χ2n) is 3.83. The largest absolute Gasteiger partial charge is 0.326 e. The molecule has 0 aliphatic carbocycles. The van der Waals surface area contributed by atoms with E-state index >= 15 is 0 Å². The molecule has 0 aromatic heterocycles. The van der Waals surface area contributed by atoms with E-state index in [0.717, 1.165) is 6.26 Å². The molecule has 96 valence electrons. The van der Waals surface area contributed by atoms with Crippen molar-refractivity contribution < 1.29 is 13.2 Å². The molecule has 2 N–H and O–H groups in total. The lowest BCUT2D eigenvalue weighted by Crippen LogP contribution is -2.13. The van der Waals surface area contributed by atoms with Crippen molar-refractivity contribution in [3.63, 3.8) is 0 Å². The molecule has 0 saturated heterocycles. The monoisotopic (exact) mass is 267 g/mol. The average Bonchev–Trinajstić information content (AvgIpc) is 2.20. The van der Waals surface area contributed by atoms with Crippen molar-refractivity contribution in [3.05, 3.63) is 23.3 Å². The molecule has 0 spiro atoms. The number of nitrogens with one attached hydrogen (secondary N) is 2. The van der Waals surface area contributed by atoms with Crippen LogP contribution in [0.4, 0.5) is 11.4 Å². The molecular weight excluding hydrogens is 254 g/mol. The Morgan fingerprint density at radius 1 is 1.33 bits per heavy atom. The Kier molecular flexibility index (Phi) is 3.93. The number of benzene rings is 1. The lowest BCUT2D eigenvalue weighted by Gasteiger charge is -2.12. The van der Waals surface area contributed by atoms with Crippen LogP contribution in [0.2, 0.25) is 0 Å². The Morgan fingerprint density at radius 2 is 1.89 bits per heavy atom. The van der Waals surface area contributed by atoms with Crippen LogP contribution in [0.1, 0.15) is 18.1 Å². The Balaban J connectivity index is 3.30. The predicted octanol–water partition coefficient (Wildman–Crippen LogP) is 1.20. The van der Waals surface area contributed by atoms with Gasteiger partial charge in [0.05, 0.1) is 17.5 Å². The molecule has 1 rings (SSSR count). The number of carbonyl (C=O) groups excluding carboxylic acids is 1. The fourth-order valence-electron chi connectivity index (χ4n) is 1.47. The van der Waals surface area contributed by atoms with Crippen molar-refractivity contribution in [2.24, 2.45) is 0 Å². The van der Waals surface area contributed by atoms with Gasteiger partial charge in [0.2, 0.25) is 15.9 Å². The minimum absolute atomic E-state index is 0.187. The molecule has 18 heavy (non-hydrogen) atoms. The average molecular weight is 267 g/mol. The van der Waals surface area contributed by atoms with Crippen molar-refractivity contribution in [1.29, 1.82) is 5.26 Å². The summed E-state index contributed by atoms with van der Waals surface area (Å²) < 4.78 is 24.6. The Morgan fingerprint density at radius 3 is 2.33 bits per heavy atom.